The molecular formula is C12H14N2O. The Hall–Kier alpha value is -1.35. The topological polar surface area (TPSA) is 41.1 Å². The highest BCUT2D eigenvalue weighted by atomic mass is 16.1. The number of carbonyl (C=O) groups is 1. The SMILES string of the molecule is O=C1Cc2cc(CNC3CC3)ccc2N1. The Labute approximate surface area is 88.9 Å². The average Bonchev–Trinajstić information content (AvgIpc) is 2.96. The fraction of sp³-hybridized carbons (Fsp3) is 0.417. The van der Waals surface area contributed by atoms with Gasteiger partial charge < -0.3 is 10.6 Å². The Bertz CT molecular complexity index is 410. The maximum atomic E-state index is 11.2. The summed E-state index contributed by atoms with van der Waals surface area (Å²) in [6, 6.07) is 6.95. The summed E-state index contributed by atoms with van der Waals surface area (Å²) in [6.45, 7) is 0.923. The first-order valence-electron chi connectivity index (χ1n) is 5.46. The summed E-state index contributed by atoms with van der Waals surface area (Å²) >= 11 is 0. The van der Waals surface area contributed by atoms with Crippen molar-refractivity contribution in [2.75, 3.05) is 5.32 Å². The van der Waals surface area contributed by atoms with Gasteiger partial charge in [-0.15, -0.1) is 0 Å². The van der Waals surface area contributed by atoms with Gasteiger partial charge in [-0.05, 0) is 30.0 Å². The van der Waals surface area contributed by atoms with Gasteiger partial charge in [0.15, 0.2) is 0 Å². The molecule has 2 N–H and O–H groups in total. The lowest BCUT2D eigenvalue weighted by Crippen LogP contribution is -2.15. The van der Waals surface area contributed by atoms with Crippen LogP contribution in [0.25, 0.3) is 0 Å². The van der Waals surface area contributed by atoms with Crippen LogP contribution in [-0.2, 0) is 17.8 Å². The zero-order valence-electron chi connectivity index (χ0n) is 8.55. The Kier molecular flexibility index (Phi) is 1.99. The molecule has 0 unspecified atom stereocenters. The number of benzene rings is 1. The smallest absolute Gasteiger partial charge is 0.228 e. The quantitative estimate of drug-likeness (QED) is 0.778. The first kappa shape index (κ1) is 8.92. The van der Waals surface area contributed by atoms with E-state index in [9.17, 15) is 4.79 Å². The van der Waals surface area contributed by atoms with Crippen molar-refractivity contribution < 1.29 is 4.79 Å². The van der Waals surface area contributed by atoms with Gasteiger partial charge in [0.05, 0.1) is 6.42 Å². The maximum absolute atomic E-state index is 11.2. The molecule has 1 aliphatic heterocycles. The molecule has 0 atom stereocenters. The number of amides is 1. The highest BCUT2D eigenvalue weighted by Crippen LogP contribution is 2.24. The summed E-state index contributed by atoms with van der Waals surface area (Å²) in [6.07, 6.45) is 3.16. The highest BCUT2D eigenvalue weighted by Gasteiger charge is 2.21. The van der Waals surface area contributed by atoms with Crippen LogP contribution in [0.2, 0.25) is 0 Å². The molecule has 3 heteroatoms. The van der Waals surface area contributed by atoms with Crippen molar-refractivity contribution in [1.29, 1.82) is 0 Å². The third-order valence-electron chi connectivity index (χ3n) is 2.97. The zero-order chi connectivity index (χ0) is 10.3. The van der Waals surface area contributed by atoms with E-state index >= 15 is 0 Å². The molecule has 15 heavy (non-hydrogen) atoms. The molecule has 1 aromatic rings. The molecule has 1 aromatic carbocycles. The second kappa shape index (κ2) is 3.35. The van der Waals surface area contributed by atoms with Crippen LogP contribution in [0.4, 0.5) is 5.69 Å². The predicted octanol–water partition coefficient (Wildman–Crippen LogP) is 1.43. The molecule has 3 rings (SSSR count). The van der Waals surface area contributed by atoms with E-state index in [2.05, 4.69) is 22.8 Å². The minimum absolute atomic E-state index is 0.109. The monoisotopic (exact) mass is 202 g/mol. The molecule has 1 amide bonds. The van der Waals surface area contributed by atoms with Crippen LogP contribution in [0.1, 0.15) is 24.0 Å². The van der Waals surface area contributed by atoms with Crippen molar-refractivity contribution in [1.82, 2.24) is 5.32 Å². The van der Waals surface area contributed by atoms with E-state index in [1.54, 1.807) is 0 Å². The largest absolute Gasteiger partial charge is 0.326 e. The number of hydrogen-bond donors (Lipinski definition) is 2. The summed E-state index contributed by atoms with van der Waals surface area (Å²) in [5, 5.41) is 6.31. The van der Waals surface area contributed by atoms with E-state index in [0.717, 1.165) is 23.8 Å². The molecule has 1 saturated carbocycles. The van der Waals surface area contributed by atoms with Crippen LogP contribution in [0.3, 0.4) is 0 Å². The third-order valence-corrected chi connectivity index (χ3v) is 2.97. The molecule has 0 aromatic heterocycles. The summed E-state index contributed by atoms with van der Waals surface area (Å²) in [7, 11) is 0. The maximum Gasteiger partial charge on any atom is 0.228 e. The lowest BCUT2D eigenvalue weighted by Gasteiger charge is -2.05. The van der Waals surface area contributed by atoms with Crippen LogP contribution in [0.5, 0.6) is 0 Å². The first-order chi connectivity index (χ1) is 7.31. The molecule has 0 spiro atoms. The Morgan fingerprint density at radius 1 is 1.40 bits per heavy atom. The second-order valence-corrected chi connectivity index (χ2v) is 4.37. The summed E-state index contributed by atoms with van der Waals surface area (Å²) < 4.78 is 0. The van der Waals surface area contributed by atoms with Gasteiger partial charge >= 0.3 is 0 Å². The lowest BCUT2D eigenvalue weighted by molar-refractivity contribution is -0.115. The van der Waals surface area contributed by atoms with Crippen LogP contribution in [-0.4, -0.2) is 11.9 Å². The van der Waals surface area contributed by atoms with E-state index in [4.69, 9.17) is 0 Å². The summed E-state index contributed by atoms with van der Waals surface area (Å²) in [4.78, 5) is 11.2. The number of hydrogen-bond acceptors (Lipinski definition) is 2. The van der Waals surface area contributed by atoms with E-state index in [1.165, 1.54) is 18.4 Å². The molecular weight excluding hydrogens is 188 g/mol. The molecule has 0 saturated heterocycles. The molecule has 3 nitrogen and oxygen atoms in total. The summed E-state index contributed by atoms with van der Waals surface area (Å²) in [5.41, 5.74) is 3.39. The molecule has 0 bridgehead atoms. The van der Waals surface area contributed by atoms with E-state index in [0.29, 0.717) is 6.42 Å². The Morgan fingerprint density at radius 2 is 2.27 bits per heavy atom. The van der Waals surface area contributed by atoms with Gasteiger partial charge in [-0.2, -0.15) is 0 Å². The molecule has 1 heterocycles. The number of carbonyl (C=O) groups excluding carboxylic acids is 1. The van der Waals surface area contributed by atoms with Crippen molar-refractivity contribution in [3.05, 3.63) is 29.3 Å². The Balaban J connectivity index is 1.74. The van der Waals surface area contributed by atoms with E-state index < -0.39 is 0 Å². The van der Waals surface area contributed by atoms with Gasteiger partial charge in [-0.3, -0.25) is 4.79 Å². The number of fused-ring (bicyclic) bond motifs is 1. The van der Waals surface area contributed by atoms with Gasteiger partial charge in [0.1, 0.15) is 0 Å². The van der Waals surface area contributed by atoms with Gasteiger partial charge in [0, 0.05) is 18.3 Å². The van der Waals surface area contributed by atoms with Crippen LogP contribution in [0.15, 0.2) is 18.2 Å². The second-order valence-electron chi connectivity index (χ2n) is 4.37. The zero-order valence-corrected chi connectivity index (χ0v) is 8.55. The van der Waals surface area contributed by atoms with Crippen molar-refractivity contribution in [2.24, 2.45) is 0 Å². The third kappa shape index (κ3) is 1.88. The minimum atomic E-state index is 0.109. The molecule has 1 fully saturated rings. The lowest BCUT2D eigenvalue weighted by atomic mass is 10.1. The molecule has 2 aliphatic rings. The predicted molar refractivity (Wildman–Crippen MR) is 58.6 cm³/mol. The fourth-order valence-corrected chi connectivity index (χ4v) is 1.94. The fourth-order valence-electron chi connectivity index (χ4n) is 1.94. The van der Waals surface area contributed by atoms with Gasteiger partial charge in [0.25, 0.3) is 0 Å². The highest BCUT2D eigenvalue weighted by molar-refractivity contribution is 5.99. The average molecular weight is 202 g/mol. The molecule has 0 radical (unpaired) electrons. The van der Waals surface area contributed by atoms with Crippen LogP contribution < -0.4 is 10.6 Å². The van der Waals surface area contributed by atoms with Crippen molar-refractivity contribution in [2.45, 2.75) is 31.8 Å². The molecule has 1 aliphatic carbocycles. The first-order valence-corrected chi connectivity index (χ1v) is 5.46. The number of nitrogens with one attached hydrogen (secondary N) is 2. The molecule has 78 valence electrons. The van der Waals surface area contributed by atoms with Crippen molar-refractivity contribution in [3.8, 4) is 0 Å². The summed E-state index contributed by atoms with van der Waals surface area (Å²) in [5.74, 6) is 0.109. The van der Waals surface area contributed by atoms with Crippen molar-refractivity contribution in [3.63, 3.8) is 0 Å². The number of anilines is 1. The van der Waals surface area contributed by atoms with Crippen LogP contribution in [0, 0.1) is 0 Å². The standard InChI is InChI=1S/C12H14N2O/c15-12-6-9-5-8(1-4-11(9)14-12)7-13-10-2-3-10/h1,4-5,10,13H,2-3,6-7H2,(H,14,15). The van der Waals surface area contributed by atoms with Gasteiger partial charge in [0.2, 0.25) is 5.91 Å². The van der Waals surface area contributed by atoms with Gasteiger partial charge in [-0.25, -0.2) is 0 Å². The normalized spacial score (nSPS) is 18.8. The van der Waals surface area contributed by atoms with Crippen LogP contribution >= 0.6 is 0 Å². The number of rotatable bonds is 3. The van der Waals surface area contributed by atoms with Crippen molar-refractivity contribution >= 4 is 11.6 Å². The van der Waals surface area contributed by atoms with Gasteiger partial charge in [-0.1, -0.05) is 12.1 Å². The minimum Gasteiger partial charge on any atom is -0.326 e. The van der Waals surface area contributed by atoms with E-state index in [1.807, 2.05) is 6.07 Å². The Morgan fingerprint density at radius 3 is 3.07 bits per heavy atom. The van der Waals surface area contributed by atoms with E-state index in [-0.39, 0.29) is 5.91 Å².